The average molecular weight is 288 g/mol. The second-order valence-electron chi connectivity index (χ2n) is 5.18. The van der Waals surface area contributed by atoms with Gasteiger partial charge in [-0.1, -0.05) is 18.2 Å². The fourth-order valence-electron chi connectivity index (χ4n) is 2.65. The van der Waals surface area contributed by atoms with Gasteiger partial charge in [-0.25, -0.2) is 0 Å². The molecule has 3 amide bonds. The molecule has 0 aromatic heterocycles. The first-order valence-electron chi connectivity index (χ1n) is 7.01. The molecule has 1 aromatic rings. The van der Waals surface area contributed by atoms with E-state index >= 15 is 0 Å². The molecule has 0 spiro atoms. The smallest absolute Gasteiger partial charge is 0.256 e. The van der Waals surface area contributed by atoms with Crippen LogP contribution in [0.5, 0.6) is 0 Å². The van der Waals surface area contributed by atoms with Gasteiger partial charge in [-0.05, 0) is 18.6 Å². The Balaban J connectivity index is 1.65. The lowest BCUT2D eigenvalue weighted by molar-refractivity contribution is -0.149. The minimum Gasteiger partial charge on any atom is -0.355 e. The zero-order valence-corrected chi connectivity index (χ0v) is 11.5. The van der Waals surface area contributed by atoms with Crippen LogP contribution in [0.15, 0.2) is 30.3 Å². The zero-order valence-electron chi connectivity index (χ0n) is 11.5. The first kappa shape index (κ1) is 13.8. The Morgan fingerprint density at radius 3 is 2.52 bits per heavy atom. The molecule has 0 radical (unpaired) electrons. The van der Waals surface area contributed by atoms with E-state index in [0.29, 0.717) is 19.4 Å². The van der Waals surface area contributed by atoms with Crippen molar-refractivity contribution in [2.75, 3.05) is 11.4 Å². The van der Waals surface area contributed by atoms with Gasteiger partial charge in [0.05, 0.1) is 0 Å². The number of carbonyl (C=O) groups is 3. The Bertz CT molecular complexity index is 572. The standard InChI is InChI=1S/C15H16N2O4/c18-13-7-6-11(14(19)16-13)21-12-8-9-17(15(12)20)10-4-2-1-3-5-10/h1-5,11-12H,6-9H2,(H,16,18,19)/t11-,12-/m0/s1. The van der Waals surface area contributed by atoms with Crippen LogP contribution >= 0.6 is 0 Å². The highest BCUT2D eigenvalue weighted by atomic mass is 16.5. The molecule has 1 aromatic carbocycles. The number of para-hydroxylation sites is 1. The summed E-state index contributed by atoms with van der Waals surface area (Å²) in [5.41, 5.74) is 0.830. The van der Waals surface area contributed by atoms with Crippen molar-refractivity contribution in [3.63, 3.8) is 0 Å². The Hall–Kier alpha value is -2.21. The van der Waals surface area contributed by atoms with E-state index in [1.165, 1.54) is 0 Å². The molecule has 110 valence electrons. The van der Waals surface area contributed by atoms with Gasteiger partial charge in [-0.3, -0.25) is 19.7 Å². The molecule has 2 aliphatic rings. The molecule has 0 saturated carbocycles. The molecule has 2 aliphatic heterocycles. The van der Waals surface area contributed by atoms with Crippen LogP contribution in [0.1, 0.15) is 19.3 Å². The molecular formula is C15H16N2O4. The topological polar surface area (TPSA) is 75.7 Å². The van der Waals surface area contributed by atoms with Gasteiger partial charge in [-0.2, -0.15) is 0 Å². The molecule has 2 saturated heterocycles. The SMILES string of the molecule is O=C1CC[C@H](O[C@H]2CCN(c3ccccc3)C2=O)C(=O)N1. The Kier molecular flexibility index (Phi) is 3.70. The zero-order chi connectivity index (χ0) is 14.8. The number of anilines is 1. The summed E-state index contributed by atoms with van der Waals surface area (Å²) in [6.07, 6.45) is -0.202. The first-order valence-corrected chi connectivity index (χ1v) is 7.01. The van der Waals surface area contributed by atoms with Gasteiger partial charge in [-0.15, -0.1) is 0 Å². The van der Waals surface area contributed by atoms with Crippen LogP contribution in [0.4, 0.5) is 5.69 Å². The van der Waals surface area contributed by atoms with Crippen LogP contribution in [0.2, 0.25) is 0 Å². The van der Waals surface area contributed by atoms with E-state index in [1.54, 1.807) is 4.90 Å². The lowest BCUT2D eigenvalue weighted by Crippen LogP contribution is -2.47. The van der Waals surface area contributed by atoms with E-state index in [4.69, 9.17) is 4.74 Å². The van der Waals surface area contributed by atoms with Gasteiger partial charge in [0.25, 0.3) is 11.8 Å². The molecule has 1 N–H and O–H groups in total. The molecule has 2 fully saturated rings. The summed E-state index contributed by atoms with van der Waals surface area (Å²) in [5, 5.41) is 2.23. The highest BCUT2D eigenvalue weighted by Crippen LogP contribution is 2.24. The van der Waals surface area contributed by atoms with Crippen LogP contribution in [-0.4, -0.2) is 36.5 Å². The van der Waals surface area contributed by atoms with Crippen LogP contribution < -0.4 is 10.2 Å². The van der Waals surface area contributed by atoms with Crippen LogP contribution in [-0.2, 0) is 19.1 Å². The monoisotopic (exact) mass is 288 g/mol. The normalized spacial score (nSPS) is 26.1. The van der Waals surface area contributed by atoms with Crippen LogP contribution in [0.25, 0.3) is 0 Å². The van der Waals surface area contributed by atoms with Crippen molar-refractivity contribution in [1.29, 1.82) is 0 Å². The number of nitrogens with zero attached hydrogens (tertiary/aromatic N) is 1. The van der Waals surface area contributed by atoms with Crippen molar-refractivity contribution in [3.05, 3.63) is 30.3 Å². The Labute approximate surface area is 122 Å². The van der Waals surface area contributed by atoms with Gasteiger partial charge in [0.15, 0.2) is 0 Å². The number of ether oxygens (including phenoxy) is 1. The van der Waals surface area contributed by atoms with Crippen molar-refractivity contribution in [2.45, 2.75) is 31.5 Å². The second kappa shape index (κ2) is 5.65. The molecule has 3 rings (SSSR count). The van der Waals surface area contributed by atoms with E-state index < -0.39 is 18.1 Å². The molecule has 2 heterocycles. The van der Waals surface area contributed by atoms with Crippen molar-refractivity contribution < 1.29 is 19.1 Å². The third-order valence-corrected chi connectivity index (χ3v) is 3.74. The van der Waals surface area contributed by atoms with Gasteiger partial charge < -0.3 is 9.64 Å². The first-order chi connectivity index (χ1) is 10.1. The van der Waals surface area contributed by atoms with Crippen LogP contribution in [0.3, 0.4) is 0 Å². The summed E-state index contributed by atoms with van der Waals surface area (Å²) in [6.45, 7) is 0.570. The largest absolute Gasteiger partial charge is 0.355 e. The Morgan fingerprint density at radius 2 is 1.81 bits per heavy atom. The molecular weight excluding hydrogens is 272 g/mol. The summed E-state index contributed by atoms with van der Waals surface area (Å²) < 4.78 is 5.62. The van der Waals surface area contributed by atoms with E-state index in [1.807, 2.05) is 30.3 Å². The molecule has 21 heavy (non-hydrogen) atoms. The van der Waals surface area contributed by atoms with Gasteiger partial charge >= 0.3 is 0 Å². The maximum Gasteiger partial charge on any atom is 0.256 e. The number of carbonyl (C=O) groups excluding carboxylic acids is 3. The summed E-state index contributed by atoms with van der Waals surface area (Å²) in [4.78, 5) is 36.8. The predicted octanol–water partition coefficient (Wildman–Crippen LogP) is 0.614. The summed E-state index contributed by atoms with van der Waals surface area (Å²) in [5.74, 6) is -0.869. The summed E-state index contributed by atoms with van der Waals surface area (Å²) in [6, 6.07) is 9.37. The minimum atomic E-state index is -0.715. The fourth-order valence-corrected chi connectivity index (χ4v) is 2.65. The van der Waals surface area contributed by atoms with E-state index in [9.17, 15) is 14.4 Å². The molecule has 6 nitrogen and oxygen atoms in total. The summed E-state index contributed by atoms with van der Waals surface area (Å²) >= 11 is 0. The lowest BCUT2D eigenvalue weighted by Gasteiger charge is -2.24. The van der Waals surface area contributed by atoms with Gasteiger partial charge in [0, 0.05) is 25.1 Å². The van der Waals surface area contributed by atoms with E-state index in [-0.39, 0.29) is 18.2 Å². The second-order valence-corrected chi connectivity index (χ2v) is 5.18. The van der Waals surface area contributed by atoms with E-state index in [2.05, 4.69) is 5.32 Å². The molecule has 2 atom stereocenters. The lowest BCUT2D eigenvalue weighted by atomic mass is 10.1. The quantitative estimate of drug-likeness (QED) is 0.827. The van der Waals surface area contributed by atoms with Gasteiger partial charge in [0.1, 0.15) is 12.2 Å². The van der Waals surface area contributed by atoms with Crippen molar-refractivity contribution >= 4 is 23.4 Å². The third kappa shape index (κ3) is 2.80. The molecule has 0 bridgehead atoms. The number of hydrogen-bond acceptors (Lipinski definition) is 4. The highest BCUT2D eigenvalue weighted by molar-refractivity contribution is 6.01. The molecule has 0 aliphatic carbocycles. The number of benzene rings is 1. The van der Waals surface area contributed by atoms with E-state index in [0.717, 1.165) is 5.69 Å². The number of nitrogens with one attached hydrogen (secondary N) is 1. The number of piperidine rings is 1. The molecule has 6 heteroatoms. The van der Waals surface area contributed by atoms with Crippen molar-refractivity contribution in [3.8, 4) is 0 Å². The van der Waals surface area contributed by atoms with Crippen molar-refractivity contribution in [1.82, 2.24) is 5.32 Å². The Morgan fingerprint density at radius 1 is 1.05 bits per heavy atom. The number of amides is 3. The minimum absolute atomic E-state index is 0.133. The van der Waals surface area contributed by atoms with Crippen molar-refractivity contribution in [2.24, 2.45) is 0 Å². The van der Waals surface area contributed by atoms with Gasteiger partial charge in [0.2, 0.25) is 5.91 Å². The summed E-state index contributed by atoms with van der Waals surface area (Å²) in [7, 11) is 0. The predicted molar refractivity (Wildman–Crippen MR) is 74.5 cm³/mol. The number of hydrogen-bond donors (Lipinski definition) is 1. The molecule has 0 unspecified atom stereocenters. The number of imide groups is 1. The number of rotatable bonds is 3. The fraction of sp³-hybridized carbons (Fsp3) is 0.400. The maximum atomic E-state index is 12.4. The highest BCUT2D eigenvalue weighted by Gasteiger charge is 2.38. The maximum absolute atomic E-state index is 12.4. The average Bonchev–Trinajstić information content (AvgIpc) is 2.84. The van der Waals surface area contributed by atoms with Crippen LogP contribution in [0, 0.1) is 0 Å². The third-order valence-electron chi connectivity index (χ3n) is 3.74.